The number of nitrogens with one attached hydrogen (secondary N) is 1. The molecule has 1 N–H and O–H groups in total. The van der Waals surface area contributed by atoms with E-state index in [0.717, 1.165) is 17.4 Å². The Morgan fingerprint density at radius 3 is 2.60 bits per heavy atom. The lowest BCUT2D eigenvalue weighted by molar-refractivity contribution is -0.113. The zero-order valence-electron chi connectivity index (χ0n) is 17.2. The van der Waals surface area contributed by atoms with E-state index in [1.165, 1.54) is 27.8 Å². The Bertz CT molecular complexity index is 1070. The number of carbonyl (C=O) groups is 2. The summed E-state index contributed by atoms with van der Waals surface area (Å²) in [5, 5.41) is 11.6. The normalized spacial score (nSPS) is 10.7. The number of thioether (sulfide) groups is 2. The molecule has 30 heavy (non-hydrogen) atoms. The Morgan fingerprint density at radius 1 is 1.10 bits per heavy atom. The maximum atomic E-state index is 12.5. The summed E-state index contributed by atoms with van der Waals surface area (Å²) < 4.78 is 1.87. The van der Waals surface area contributed by atoms with Crippen LogP contribution in [-0.2, 0) is 4.79 Å². The van der Waals surface area contributed by atoms with Gasteiger partial charge in [-0.1, -0.05) is 30.0 Å². The molecule has 0 spiro atoms. The van der Waals surface area contributed by atoms with Crippen LogP contribution >= 0.6 is 23.5 Å². The number of aromatic nitrogens is 3. The van der Waals surface area contributed by atoms with E-state index in [9.17, 15) is 9.59 Å². The Kier molecular flexibility index (Phi) is 7.17. The summed E-state index contributed by atoms with van der Waals surface area (Å²) in [4.78, 5) is 26.7. The van der Waals surface area contributed by atoms with Crippen molar-refractivity contribution in [2.45, 2.75) is 23.9 Å². The van der Waals surface area contributed by atoms with Crippen molar-refractivity contribution in [1.82, 2.24) is 19.7 Å². The maximum Gasteiger partial charge on any atom is 0.286 e. The Labute approximate surface area is 184 Å². The van der Waals surface area contributed by atoms with E-state index in [2.05, 4.69) is 41.5 Å². The van der Waals surface area contributed by atoms with E-state index in [1.807, 2.05) is 28.8 Å². The van der Waals surface area contributed by atoms with Crippen molar-refractivity contribution >= 4 is 40.4 Å². The molecule has 0 aliphatic heterocycles. The number of para-hydroxylation sites is 1. The number of benzene rings is 2. The average Bonchev–Trinajstić information content (AvgIpc) is 3.18. The Hall–Kier alpha value is -2.78. The van der Waals surface area contributed by atoms with Gasteiger partial charge in [-0.15, -0.1) is 10.2 Å². The molecule has 0 unspecified atom stereocenters. The maximum absolute atomic E-state index is 12.5. The number of carbonyl (C=O) groups excluding carboxylic acids is 2. The van der Waals surface area contributed by atoms with Gasteiger partial charge in [-0.3, -0.25) is 14.2 Å². The first kappa shape index (κ1) is 21.9. The first-order valence-corrected chi connectivity index (χ1v) is 11.0. The van der Waals surface area contributed by atoms with Crippen LogP contribution in [0.25, 0.3) is 5.69 Å². The molecule has 2 aromatic carbocycles. The second-order valence-electron chi connectivity index (χ2n) is 6.85. The van der Waals surface area contributed by atoms with Crippen molar-refractivity contribution in [3.63, 3.8) is 0 Å². The monoisotopic (exact) mass is 441 g/mol. The van der Waals surface area contributed by atoms with Crippen molar-refractivity contribution in [2.75, 3.05) is 25.2 Å². The van der Waals surface area contributed by atoms with Gasteiger partial charge in [-0.25, -0.2) is 0 Å². The molecule has 3 rings (SSSR count). The Morgan fingerprint density at radius 2 is 1.87 bits per heavy atom. The number of nitrogens with zero attached hydrogens (tertiary/aromatic N) is 4. The molecular formula is C21H23N5O2S2. The zero-order chi connectivity index (χ0) is 21.7. The summed E-state index contributed by atoms with van der Waals surface area (Å²) >= 11 is 2.38. The standard InChI is InChI=1S/C21H23N5O2S2/c1-14-9-10-16(11-15(14)2)26-13-22-24-20(26)29-12-19(27)23-17-7-5-6-8-18(17)30-21(28)25(3)4/h5-11,13H,12H2,1-4H3,(H,23,27). The van der Waals surface area contributed by atoms with Crippen LogP contribution in [0.5, 0.6) is 0 Å². The fraction of sp³-hybridized carbons (Fsp3) is 0.238. The summed E-state index contributed by atoms with van der Waals surface area (Å²) in [7, 11) is 3.39. The molecule has 0 atom stereocenters. The van der Waals surface area contributed by atoms with E-state index < -0.39 is 0 Å². The summed E-state index contributed by atoms with van der Waals surface area (Å²) in [6.07, 6.45) is 1.64. The number of hydrogen-bond donors (Lipinski definition) is 1. The molecule has 3 aromatic rings. The van der Waals surface area contributed by atoms with Gasteiger partial charge in [0.05, 0.1) is 11.4 Å². The highest BCUT2D eigenvalue weighted by atomic mass is 32.2. The molecule has 7 nitrogen and oxygen atoms in total. The molecule has 156 valence electrons. The molecule has 0 fully saturated rings. The fourth-order valence-electron chi connectivity index (χ4n) is 2.54. The van der Waals surface area contributed by atoms with Crippen molar-refractivity contribution < 1.29 is 9.59 Å². The molecule has 0 saturated carbocycles. The van der Waals surface area contributed by atoms with Gasteiger partial charge >= 0.3 is 0 Å². The predicted octanol–water partition coefficient (Wildman–Crippen LogP) is 4.39. The van der Waals surface area contributed by atoms with Gasteiger partial charge in [0.1, 0.15) is 6.33 Å². The first-order chi connectivity index (χ1) is 14.3. The molecule has 0 bridgehead atoms. The van der Waals surface area contributed by atoms with Gasteiger partial charge in [0.15, 0.2) is 5.16 Å². The third-order valence-electron chi connectivity index (χ3n) is 4.34. The van der Waals surface area contributed by atoms with E-state index >= 15 is 0 Å². The van der Waals surface area contributed by atoms with Crippen LogP contribution in [0.1, 0.15) is 11.1 Å². The topological polar surface area (TPSA) is 80.1 Å². The molecule has 0 radical (unpaired) electrons. The summed E-state index contributed by atoms with van der Waals surface area (Å²) in [6, 6.07) is 13.4. The molecule has 1 heterocycles. The fourth-order valence-corrected chi connectivity index (χ4v) is 4.01. The second kappa shape index (κ2) is 9.82. The van der Waals surface area contributed by atoms with E-state index in [-0.39, 0.29) is 16.9 Å². The summed E-state index contributed by atoms with van der Waals surface area (Å²) in [5.41, 5.74) is 3.95. The van der Waals surface area contributed by atoms with E-state index in [1.54, 1.807) is 26.5 Å². The lowest BCUT2D eigenvalue weighted by atomic mass is 10.1. The number of anilines is 1. The van der Waals surface area contributed by atoms with E-state index in [0.29, 0.717) is 15.7 Å². The third kappa shape index (κ3) is 5.43. The minimum absolute atomic E-state index is 0.104. The van der Waals surface area contributed by atoms with Crippen molar-refractivity contribution in [1.29, 1.82) is 0 Å². The average molecular weight is 442 g/mol. The third-order valence-corrected chi connectivity index (χ3v) is 6.40. The molecule has 2 amide bonds. The number of aryl methyl sites for hydroxylation is 2. The second-order valence-corrected chi connectivity index (χ2v) is 8.78. The van der Waals surface area contributed by atoms with Crippen LogP contribution in [0.3, 0.4) is 0 Å². The van der Waals surface area contributed by atoms with Crippen LogP contribution in [0.2, 0.25) is 0 Å². The van der Waals surface area contributed by atoms with Gasteiger partial charge in [-0.2, -0.15) is 0 Å². The van der Waals surface area contributed by atoms with Crippen molar-refractivity contribution in [3.8, 4) is 5.69 Å². The number of hydrogen-bond acceptors (Lipinski definition) is 6. The number of amides is 2. The highest BCUT2D eigenvalue weighted by Crippen LogP contribution is 2.29. The summed E-state index contributed by atoms with van der Waals surface area (Å²) in [6.45, 7) is 4.12. The van der Waals surface area contributed by atoms with Crippen molar-refractivity contribution in [3.05, 3.63) is 59.9 Å². The van der Waals surface area contributed by atoms with Crippen LogP contribution in [0.15, 0.2) is 58.8 Å². The molecular weight excluding hydrogens is 418 g/mol. The SMILES string of the molecule is Cc1ccc(-n2cnnc2SCC(=O)Nc2ccccc2SC(=O)N(C)C)cc1C. The highest BCUT2D eigenvalue weighted by molar-refractivity contribution is 8.13. The largest absolute Gasteiger partial charge is 0.339 e. The van der Waals surface area contributed by atoms with Gasteiger partial charge < -0.3 is 10.2 Å². The highest BCUT2D eigenvalue weighted by Gasteiger charge is 2.14. The smallest absolute Gasteiger partial charge is 0.286 e. The lowest BCUT2D eigenvalue weighted by Gasteiger charge is -2.13. The van der Waals surface area contributed by atoms with Gasteiger partial charge in [-0.05, 0) is 61.0 Å². The molecule has 9 heteroatoms. The predicted molar refractivity (Wildman–Crippen MR) is 122 cm³/mol. The lowest BCUT2D eigenvalue weighted by Crippen LogP contribution is -2.18. The molecule has 0 aliphatic carbocycles. The quantitative estimate of drug-likeness (QED) is 0.572. The van der Waals surface area contributed by atoms with Gasteiger partial charge in [0.2, 0.25) is 5.91 Å². The van der Waals surface area contributed by atoms with Gasteiger partial charge in [0, 0.05) is 24.7 Å². The molecule has 0 saturated heterocycles. The van der Waals surface area contributed by atoms with Gasteiger partial charge in [0.25, 0.3) is 5.24 Å². The van der Waals surface area contributed by atoms with Crippen LogP contribution < -0.4 is 5.32 Å². The van der Waals surface area contributed by atoms with Crippen LogP contribution in [-0.4, -0.2) is 50.7 Å². The zero-order valence-corrected chi connectivity index (χ0v) is 18.9. The summed E-state index contributed by atoms with van der Waals surface area (Å²) in [5.74, 6) is -0.00977. The minimum atomic E-state index is -0.181. The van der Waals surface area contributed by atoms with Crippen LogP contribution in [0.4, 0.5) is 10.5 Å². The minimum Gasteiger partial charge on any atom is -0.339 e. The first-order valence-electron chi connectivity index (χ1n) is 9.23. The Balaban J connectivity index is 1.66. The van der Waals surface area contributed by atoms with E-state index in [4.69, 9.17) is 0 Å². The van der Waals surface area contributed by atoms with Crippen molar-refractivity contribution in [2.24, 2.45) is 0 Å². The molecule has 1 aromatic heterocycles. The molecule has 0 aliphatic rings. The number of rotatable bonds is 6. The van der Waals surface area contributed by atoms with Crippen LogP contribution in [0, 0.1) is 13.8 Å².